The fraction of sp³-hybridized carbons (Fsp3) is 0.955. The Morgan fingerprint density at radius 3 is 2.32 bits per heavy atom. The van der Waals surface area contributed by atoms with E-state index in [9.17, 15) is 9.90 Å². The first kappa shape index (κ1) is 19.4. The summed E-state index contributed by atoms with van der Waals surface area (Å²) in [5.74, 6) is 3.22. The topological polar surface area (TPSA) is 63.3 Å². The van der Waals surface area contributed by atoms with Gasteiger partial charge in [-0.15, -0.1) is 0 Å². The molecular weight excluding hydrogens is 310 g/mol. The molecule has 0 amide bonds. The molecule has 3 N–H and O–H groups in total. The summed E-state index contributed by atoms with van der Waals surface area (Å²) in [4.78, 5) is 12.3. The van der Waals surface area contributed by atoms with E-state index < -0.39 is 0 Å². The number of hydrogen-bond acceptors (Lipinski definition) is 3. The molecule has 0 spiro atoms. The second kappa shape index (κ2) is 6.96. The number of aliphatic hydroxyl groups is 1. The van der Waals surface area contributed by atoms with Gasteiger partial charge in [0.05, 0.1) is 6.10 Å². The highest BCUT2D eigenvalue weighted by Gasteiger charge is 2.58. The van der Waals surface area contributed by atoms with E-state index in [1.165, 1.54) is 19.3 Å². The molecule has 0 aromatic carbocycles. The van der Waals surface area contributed by atoms with E-state index in [2.05, 4.69) is 20.8 Å². The Bertz CT molecular complexity index is 506. The highest BCUT2D eigenvalue weighted by atomic mass is 16.3. The van der Waals surface area contributed by atoms with Gasteiger partial charge in [0, 0.05) is 5.92 Å². The Balaban J connectivity index is 1.89. The minimum absolute atomic E-state index is 0.113. The molecule has 0 radical (unpaired) electrons. The maximum Gasteiger partial charge on any atom is 0.133 e. The number of rotatable bonds is 4. The molecule has 0 aromatic rings. The summed E-state index contributed by atoms with van der Waals surface area (Å²) < 4.78 is 0. The highest BCUT2D eigenvalue weighted by molar-refractivity contribution is 5.79. The molecule has 0 bridgehead atoms. The molecule has 3 aliphatic carbocycles. The van der Waals surface area contributed by atoms with Crippen molar-refractivity contribution >= 4 is 5.78 Å². The van der Waals surface area contributed by atoms with Gasteiger partial charge in [0.2, 0.25) is 0 Å². The van der Waals surface area contributed by atoms with E-state index >= 15 is 0 Å². The molecule has 25 heavy (non-hydrogen) atoms. The SMILES string of the molecule is CC(=O)C1CCC2C(CCN)C(C3(C)CCC(O)CC3C)CCC12C. The fourth-order valence-corrected chi connectivity index (χ4v) is 7.44. The third-order valence-electron chi connectivity index (χ3n) is 9.04. The van der Waals surface area contributed by atoms with Crippen molar-refractivity contribution in [3.63, 3.8) is 0 Å². The quantitative estimate of drug-likeness (QED) is 0.800. The lowest BCUT2D eigenvalue weighted by molar-refractivity contribution is -0.129. The van der Waals surface area contributed by atoms with Crippen LogP contribution in [0.1, 0.15) is 79.1 Å². The molecular formula is C22H39NO2. The summed E-state index contributed by atoms with van der Waals surface area (Å²) in [5.41, 5.74) is 6.57. The lowest BCUT2D eigenvalue weighted by Gasteiger charge is -2.57. The number of carbonyl (C=O) groups is 1. The number of carbonyl (C=O) groups excluding carboxylic acids is 1. The lowest BCUT2D eigenvalue weighted by atomic mass is 9.48. The second-order valence-corrected chi connectivity index (χ2v) is 10.1. The van der Waals surface area contributed by atoms with E-state index in [4.69, 9.17) is 5.73 Å². The van der Waals surface area contributed by atoms with Gasteiger partial charge in [-0.25, -0.2) is 0 Å². The predicted octanol–water partition coefficient (Wildman–Crippen LogP) is 4.17. The first-order chi connectivity index (χ1) is 11.7. The summed E-state index contributed by atoms with van der Waals surface area (Å²) in [7, 11) is 0. The maximum absolute atomic E-state index is 12.3. The zero-order valence-corrected chi connectivity index (χ0v) is 16.8. The average molecular weight is 350 g/mol. The van der Waals surface area contributed by atoms with Crippen LogP contribution in [0.25, 0.3) is 0 Å². The molecule has 0 heterocycles. The summed E-state index contributed by atoms with van der Waals surface area (Å²) in [5, 5.41) is 10.1. The third kappa shape index (κ3) is 3.10. The minimum Gasteiger partial charge on any atom is -0.393 e. The van der Waals surface area contributed by atoms with Crippen molar-refractivity contribution in [2.45, 2.75) is 85.2 Å². The van der Waals surface area contributed by atoms with E-state index in [0.29, 0.717) is 34.9 Å². The van der Waals surface area contributed by atoms with Crippen LogP contribution in [0.4, 0.5) is 0 Å². The van der Waals surface area contributed by atoms with Crippen LogP contribution in [0.2, 0.25) is 0 Å². The van der Waals surface area contributed by atoms with Gasteiger partial charge < -0.3 is 10.8 Å². The predicted molar refractivity (Wildman–Crippen MR) is 102 cm³/mol. The zero-order valence-electron chi connectivity index (χ0n) is 16.8. The number of ketones is 1. The zero-order chi connectivity index (χ0) is 18.4. The molecule has 0 saturated heterocycles. The number of aliphatic hydroxyl groups excluding tert-OH is 1. The summed E-state index contributed by atoms with van der Waals surface area (Å²) >= 11 is 0. The monoisotopic (exact) mass is 349 g/mol. The molecule has 3 heteroatoms. The van der Waals surface area contributed by atoms with Gasteiger partial charge in [0.15, 0.2) is 0 Å². The van der Waals surface area contributed by atoms with Crippen molar-refractivity contribution in [3.8, 4) is 0 Å². The van der Waals surface area contributed by atoms with Crippen molar-refractivity contribution in [2.24, 2.45) is 46.2 Å². The van der Waals surface area contributed by atoms with Crippen LogP contribution in [-0.4, -0.2) is 23.5 Å². The van der Waals surface area contributed by atoms with E-state index in [-0.39, 0.29) is 17.4 Å². The molecule has 3 fully saturated rings. The molecule has 3 nitrogen and oxygen atoms in total. The van der Waals surface area contributed by atoms with Gasteiger partial charge in [-0.3, -0.25) is 4.79 Å². The van der Waals surface area contributed by atoms with Crippen molar-refractivity contribution in [1.82, 2.24) is 0 Å². The smallest absolute Gasteiger partial charge is 0.133 e. The Labute approximate surface area is 154 Å². The number of nitrogens with two attached hydrogens (primary N) is 1. The van der Waals surface area contributed by atoms with Crippen molar-refractivity contribution in [3.05, 3.63) is 0 Å². The normalized spacial score (nSPS) is 50.5. The molecule has 3 rings (SSSR count). The van der Waals surface area contributed by atoms with E-state index in [0.717, 1.165) is 38.6 Å². The Hall–Kier alpha value is -0.410. The van der Waals surface area contributed by atoms with Crippen LogP contribution in [0, 0.1) is 40.4 Å². The van der Waals surface area contributed by atoms with Gasteiger partial charge in [0.1, 0.15) is 5.78 Å². The van der Waals surface area contributed by atoms with Gasteiger partial charge in [-0.2, -0.15) is 0 Å². The van der Waals surface area contributed by atoms with Crippen molar-refractivity contribution in [1.29, 1.82) is 0 Å². The van der Waals surface area contributed by atoms with Gasteiger partial charge in [-0.05, 0) is 99.3 Å². The van der Waals surface area contributed by atoms with E-state index in [1.54, 1.807) is 6.92 Å². The number of Topliss-reactive ketones (excluding diaryl/α,β-unsaturated/α-hetero) is 1. The Kier molecular flexibility index (Phi) is 5.39. The summed E-state index contributed by atoms with van der Waals surface area (Å²) in [6.07, 6.45) is 8.73. The number of fused-ring (bicyclic) bond motifs is 1. The first-order valence-corrected chi connectivity index (χ1v) is 10.6. The van der Waals surface area contributed by atoms with Crippen LogP contribution >= 0.6 is 0 Å². The lowest BCUT2D eigenvalue weighted by Crippen LogP contribution is -2.51. The third-order valence-corrected chi connectivity index (χ3v) is 9.04. The van der Waals surface area contributed by atoms with Gasteiger partial charge >= 0.3 is 0 Å². The molecule has 0 aromatic heterocycles. The van der Waals surface area contributed by atoms with Crippen molar-refractivity contribution < 1.29 is 9.90 Å². The molecule has 3 aliphatic rings. The highest BCUT2D eigenvalue weighted by Crippen LogP contribution is 2.64. The average Bonchev–Trinajstić information content (AvgIpc) is 2.89. The standard InChI is InChI=1S/C22H39NO2/c1-14-13-16(25)7-10-21(14,3)20-8-11-22(4)18(15(2)24)5-6-19(22)17(20)9-12-23/h14,16-20,25H,5-13,23H2,1-4H3. The van der Waals surface area contributed by atoms with Gasteiger partial charge in [-0.1, -0.05) is 20.8 Å². The first-order valence-electron chi connectivity index (χ1n) is 10.6. The minimum atomic E-state index is -0.113. The maximum atomic E-state index is 12.3. The van der Waals surface area contributed by atoms with Crippen LogP contribution in [-0.2, 0) is 4.79 Å². The molecule has 8 atom stereocenters. The van der Waals surface area contributed by atoms with Gasteiger partial charge in [0.25, 0.3) is 0 Å². The molecule has 144 valence electrons. The molecule has 0 aliphatic heterocycles. The van der Waals surface area contributed by atoms with Crippen molar-refractivity contribution in [2.75, 3.05) is 6.54 Å². The second-order valence-electron chi connectivity index (χ2n) is 10.1. The van der Waals surface area contributed by atoms with Crippen LogP contribution < -0.4 is 5.73 Å². The fourth-order valence-electron chi connectivity index (χ4n) is 7.44. The van der Waals surface area contributed by atoms with E-state index in [1.807, 2.05) is 0 Å². The number of hydrogen-bond donors (Lipinski definition) is 2. The van der Waals surface area contributed by atoms with Crippen LogP contribution in [0.5, 0.6) is 0 Å². The molecule has 3 saturated carbocycles. The summed E-state index contributed by atoms with van der Waals surface area (Å²) in [6.45, 7) is 9.78. The largest absolute Gasteiger partial charge is 0.393 e. The molecule has 8 unspecified atom stereocenters. The van der Waals surface area contributed by atoms with Crippen LogP contribution in [0.15, 0.2) is 0 Å². The summed E-state index contributed by atoms with van der Waals surface area (Å²) in [6, 6.07) is 0. The Morgan fingerprint density at radius 1 is 1.08 bits per heavy atom. The van der Waals surface area contributed by atoms with Crippen LogP contribution in [0.3, 0.4) is 0 Å². The Morgan fingerprint density at radius 2 is 1.72 bits per heavy atom.